The van der Waals surface area contributed by atoms with Gasteiger partial charge in [-0.25, -0.2) is 13.0 Å². The van der Waals surface area contributed by atoms with Gasteiger partial charge in [0.1, 0.15) is 29.5 Å². The molecule has 0 aliphatic rings. The standard InChI is InChI=1S/C37H34F3N4O13PS2/c1-19(43-35(49)24-5-3-7-27(45)33(24)47)16-55-29-11-22-12-32(59-31(22)14-30(29)56-17-20(2)44-36(50)25-6-4-8-28(46)34(25)48)60(53,54)42-18-58(51,52)57-23-10-9-21(15-41)26(13-23)37(38,39)40/h3-14,19-20,42,45-48H,16-18H2,1-2H3,(H,43,49)(H,44,50)(H,51,52). The number of ether oxygens (including phenoxy) is 2. The van der Waals surface area contributed by atoms with Crippen molar-refractivity contribution >= 4 is 50.9 Å². The number of nitrogens with zero attached hydrogens (tertiary/aromatic N) is 1. The van der Waals surface area contributed by atoms with Crippen LogP contribution in [0.5, 0.6) is 40.2 Å². The Morgan fingerprint density at radius 1 is 0.850 bits per heavy atom. The number of para-hydroxylation sites is 2. The Morgan fingerprint density at radius 2 is 1.38 bits per heavy atom. The van der Waals surface area contributed by atoms with E-state index < -0.39 is 93.9 Å². The van der Waals surface area contributed by atoms with Gasteiger partial charge in [0.2, 0.25) is 0 Å². The van der Waals surface area contributed by atoms with Crippen molar-refractivity contribution in [3.8, 4) is 46.3 Å². The zero-order chi connectivity index (χ0) is 44.2. The molecule has 3 atom stereocenters. The number of alkyl halides is 3. The fourth-order valence-corrected chi connectivity index (χ4v) is 9.23. The van der Waals surface area contributed by atoms with Crippen LogP contribution in [-0.4, -0.2) is 77.1 Å². The highest BCUT2D eigenvalue weighted by Gasteiger charge is 2.35. The van der Waals surface area contributed by atoms with E-state index in [1.54, 1.807) is 13.8 Å². The van der Waals surface area contributed by atoms with Gasteiger partial charge in [0.05, 0.1) is 40.4 Å². The molecule has 2 amide bonds. The monoisotopic (exact) mass is 894 g/mol. The molecule has 0 aliphatic heterocycles. The van der Waals surface area contributed by atoms with Gasteiger partial charge in [-0.3, -0.25) is 9.59 Å². The van der Waals surface area contributed by atoms with Gasteiger partial charge in [-0.1, -0.05) is 12.1 Å². The van der Waals surface area contributed by atoms with E-state index in [1.165, 1.54) is 60.7 Å². The third-order valence-electron chi connectivity index (χ3n) is 8.20. The average molecular weight is 895 g/mol. The number of benzene rings is 4. The number of phenolic OH excluding ortho intramolecular Hbond substituents is 4. The number of thiophene rings is 1. The average Bonchev–Trinajstić information content (AvgIpc) is 3.61. The SMILES string of the molecule is CC(COc1cc2cc(S(=O)(=O)NCP(=O)(O)Oc3ccc(C#N)c(C(F)(F)F)c3)sc2cc1OCC(C)NC(=O)c1cccc(O)c1O)NC(=O)c1cccc(O)c1O. The Bertz CT molecular complexity index is 2540. The highest BCUT2D eigenvalue weighted by atomic mass is 32.2. The smallest absolute Gasteiger partial charge is 0.417 e. The molecule has 0 radical (unpaired) electrons. The minimum atomic E-state index is -5.00. The van der Waals surface area contributed by atoms with Crippen LogP contribution in [0.15, 0.2) is 77.0 Å². The van der Waals surface area contributed by atoms with Gasteiger partial charge in [-0.05, 0) is 73.8 Å². The first kappa shape index (κ1) is 44.9. The van der Waals surface area contributed by atoms with Crippen LogP contribution in [-0.2, 0) is 20.8 Å². The summed E-state index contributed by atoms with van der Waals surface area (Å²) in [6, 6.07) is 13.4. The Labute approximate surface area is 342 Å². The van der Waals surface area contributed by atoms with Crippen LogP contribution >= 0.6 is 18.9 Å². The molecule has 0 bridgehead atoms. The third-order valence-corrected chi connectivity index (χ3v) is 12.4. The summed E-state index contributed by atoms with van der Waals surface area (Å²) in [5, 5.41) is 54.2. The van der Waals surface area contributed by atoms with Crippen LogP contribution < -0.4 is 29.4 Å². The van der Waals surface area contributed by atoms with Gasteiger partial charge in [0.15, 0.2) is 34.5 Å². The van der Waals surface area contributed by atoms with Crippen LogP contribution in [0, 0.1) is 11.3 Å². The molecule has 0 spiro atoms. The van der Waals surface area contributed by atoms with Crippen LogP contribution in [0.4, 0.5) is 13.2 Å². The molecule has 3 unspecified atom stereocenters. The Morgan fingerprint density at radius 3 is 1.90 bits per heavy atom. The topological polar surface area (TPSA) is 274 Å². The summed E-state index contributed by atoms with van der Waals surface area (Å²) in [5.74, 6) is -4.47. The van der Waals surface area contributed by atoms with Crippen LogP contribution in [0.25, 0.3) is 10.1 Å². The highest BCUT2D eigenvalue weighted by molar-refractivity contribution is 7.92. The fourth-order valence-electron chi connectivity index (χ4n) is 5.27. The molecule has 318 valence electrons. The molecular formula is C37H34F3N4O13PS2. The zero-order valence-electron chi connectivity index (χ0n) is 31.1. The normalized spacial score (nSPS) is 13.7. The van der Waals surface area contributed by atoms with E-state index in [4.69, 9.17) is 19.3 Å². The summed E-state index contributed by atoms with van der Waals surface area (Å²) in [5.41, 5.74) is -2.62. The molecule has 0 saturated heterocycles. The van der Waals surface area contributed by atoms with Crippen LogP contribution in [0.2, 0.25) is 0 Å². The summed E-state index contributed by atoms with van der Waals surface area (Å²) in [4.78, 5) is 35.9. The van der Waals surface area contributed by atoms with Crippen molar-refractivity contribution < 1.29 is 75.1 Å². The minimum Gasteiger partial charge on any atom is -0.504 e. The van der Waals surface area contributed by atoms with E-state index in [2.05, 4.69) is 10.6 Å². The summed E-state index contributed by atoms with van der Waals surface area (Å²) < 4.78 is 98.1. The van der Waals surface area contributed by atoms with E-state index in [0.29, 0.717) is 22.1 Å². The van der Waals surface area contributed by atoms with E-state index in [9.17, 15) is 61.1 Å². The zero-order valence-corrected chi connectivity index (χ0v) is 33.6. The van der Waals surface area contributed by atoms with Crippen molar-refractivity contribution in [1.29, 1.82) is 5.26 Å². The van der Waals surface area contributed by atoms with Gasteiger partial charge in [0.25, 0.3) is 21.8 Å². The van der Waals surface area contributed by atoms with Crippen LogP contribution in [0.1, 0.15) is 45.7 Å². The molecule has 1 aromatic heterocycles. The first-order valence-electron chi connectivity index (χ1n) is 17.2. The van der Waals surface area contributed by atoms with E-state index in [1.807, 2.05) is 4.72 Å². The molecule has 1 heterocycles. The molecule has 0 fully saturated rings. The Hall–Kier alpha value is -6.24. The van der Waals surface area contributed by atoms with Crippen molar-refractivity contribution in [3.05, 3.63) is 95.1 Å². The molecule has 5 rings (SSSR count). The number of aromatic hydroxyl groups is 4. The lowest BCUT2D eigenvalue weighted by Gasteiger charge is -2.19. The maximum atomic E-state index is 13.4. The number of carbonyl (C=O) groups excluding carboxylic acids is 2. The summed E-state index contributed by atoms with van der Waals surface area (Å²) in [7, 11) is -9.55. The number of rotatable bonds is 16. The van der Waals surface area contributed by atoms with Gasteiger partial charge in [-0.15, -0.1) is 11.3 Å². The number of phenols is 4. The Kier molecular flexibility index (Phi) is 13.4. The van der Waals surface area contributed by atoms with Gasteiger partial charge in [-0.2, -0.15) is 23.2 Å². The van der Waals surface area contributed by atoms with Gasteiger partial charge >= 0.3 is 13.8 Å². The Balaban J connectivity index is 1.35. The second-order valence-electron chi connectivity index (χ2n) is 13.0. The number of hydrogen-bond donors (Lipinski definition) is 8. The lowest BCUT2D eigenvalue weighted by molar-refractivity contribution is -0.137. The molecule has 60 heavy (non-hydrogen) atoms. The molecule has 8 N–H and O–H groups in total. The molecule has 5 aromatic rings. The number of sulfonamides is 1. The van der Waals surface area contributed by atoms with Crippen LogP contribution in [0.3, 0.4) is 0 Å². The first-order chi connectivity index (χ1) is 28.1. The van der Waals surface area contributed by atoms with Gasteiger partial charge < -0.3 is 50.0 Å². The highest BCUT2D eigenvalue weighted by Crippen LogP contribution is 2.44. The largest absolute Gasteiger partial charge is 0.504 e. The van der Waals surface area contributed by atoms with Crippen molar-refractivity contribution in [2.45, 2.75) is 36.3 Å². The number of carbonyl (C=O) groups is 2. The molecule has 17 nitrogen and oxygen atoms in total. The van der Waals surface area contributed by atoms with E-state index in [0.717, 1.165) is 12.1 Å². The van der Waals surface area contributed by atoms with Gasteiger partial charge in [0, 0.05) is 10.8 Å². The lowest BCUT2D eigenvalue weighted by atomic mass is 10.1. The quantitative estimate of drug-likeness (QED) is 0.0448. The predicted octanol–water partition coefficient (Wildman–Crippen LogP) is 5.51. The number of fused-ring (bicyclic) bond motifs is 1. The van der Waals surface area contributed by atoms with Crippen molar-refractivity contribution in [2.75, 3.05) is 19.5 Å². The van der Waals surface area contributed by atoms with Crippen molar-refractivity contribution in [3.63, 3.8) is 0 Å². The number of amides is 2. The summed E-state index contributed by atoms with van der Waals surface area (Å²) >= 11 is 0.692. The third kappa shape index (κ3) is 10.9. The number of hydrogen-bond acceptors (Lipinski definition) is 14. The van der Waals surface area contributed by atoms with Crippen molar-refractivity contribution in [1.82, 2.24) is 15.4 Å². The second-order valence-corrected chi connectivity index (χ2v) is 17.8. The van der Waals surface area contributed by atoms with E-state index in [-0.39, 0.29) is 45.4 Å². The molecular weight excluding hydrogens is 861 g/mol. The summed E-state index contributed by atoms with van der Waals surface area (Å²) in [6.07, 6.45) is -6.26. The number of nitrogens with one attached hydrogen (secondary N) is 3. The van der Waals surface area contributed by atoms with E-state index >= 15 is 0 Å². The minimum absolute atomic E-state index is 0.0246. The lowest BCUT2D eigenvalue weighted by Crippen LogP contribution is -2.37. The second kappa shape index (κ2) is 17.9. The summed E-state index contributed by atoms with van der Waals surface area (Å²) in [6.45, 7) is 2.69. The van der Waals surface area contributed by atoms with Crippen molar-refractivity contribution in [2.24, 2.45) is 0 Å². The molecule has 0 saturated carbocycles. The predicted molar refractivity (Wildman–Crippen MR) is 208 cm³/mol. The molecule has 0 aliphatic carbocycles. The molecule has 4 aromatic carbocycles. The molecule has 23 heteroatoms. The number of nitriles is 1. The maximum absolute atomic E-state index is 13.4. The first-order valence-corrected chi connectivity index (χ1v) is 21.2. The number of halogens is 3. The fraction of sp³-hybridized carbons (Fsp3) is 0.216. The maximum Gasteiger partial charge on any atom is 0.417 e.